The third kappa shape index (κ3) is 4.36. The molecular weight excluding hydrogens is 386 g/mol. The van der Waals surface area contributed by atoms with Crippen LogP contribution >= 0.6 is 11.6 Å². The van der Waals surface area contributed by atoms with Crippen molar-refractivity contribution in [2.45, 2.75) is 26.7 Å². The van der Waals surface area contributed by atoms with Gasteiger partial charge in [-0.1, -0.05) is 30.7 Å². The van der Waals surface area contributed by atoms with E-state index in [2.05, 4.69) is 10.6 Å². The zero-order valence-electron chi connectivity index (χ0n) is 15.3. The van der Waals surface area contributed by atoms with E-state index < -0.39 is 16.1 Å². The second-order valence-electron chi connectivity index (χ2n) is 6.52. The number of carbonyl (C=O) groups excluding carboxylic acids is 1. The van der Waals surface area contributed by atoms with Gasteiger partial charge in [-0.05, 0) is 55.2 Å². The number of carbonyl (C=O) groups is 1. The van der Waals surface area contributed by atoms with Gasteiger partial charge in [0, 0.05) is 22.9 Å². The first-order chi connectivity index (χ1) is 12.8. The summed E-state index contributed by atoms with van der Waals surface area (Å²) in [6.45, 7) is 4.15. The minimum Gasteiger partial charge on any atom is -0.308 e. The number of benzene rings is 2. The molecule has 2 amide bonds. The first-order valence-electron chi connectivity index (χ1n) is 8.77. The highest BCUT2D eigenvalue weighted by Crippen LogP contribution is 2.33. The number of amides is 2. The van der Waals surface area contributed by atoms with Crippen LogP contribution in [0.3, 0.4) is 0 Å². The summed E-state index contributed by atoms with van der Waals surface area (Å²) in [5.41, 5.74) is 3.64. The van der Waals surface area contributed by atoms with Crippen LogP contribution in [0.15, 0.2) is 36.4 Å². The minimum absolute atomic E-state index is 0.110. The molecule has 1 aliphatic heterocycles. The topological polar surface area (TPSA) is 78.5 Å². The molecule has 0 saturated heterocycles. The number of hydrogen-bond acceptors (Lipinski definition) is 3. The number of anilines is 3. The van der Waals surface area contributed by atoms with E-state index in [0.717, 1.165) is 11.1 Å². The maximum Gasteiger partial charge on any atom is 0.323 e. The summed E-state index contributed by atoms with van der Waals surface area (Å²) in [6, 6.07) is 10.2. The number of sulfonamides is 1. The molecule has 0 aromatic heterocycles. The van der Waals surface area contributed by atoms with E-state index in [1.54, 1.807) is 24.3 Å². The summed E-state index contributed by atoms with van der Waals surface area (Å²) in [5.74, 6) is 0.110. The Labute approximate surface area is 164 Å². The number of rotatable bonds is 5. The van der Waals surface area contributed by atoms with Crippen LogP contribution in [0, 0.1) is 6.92 Å². The first kappa shape index (κ1) is 19.5. The van der Waals surface area contributed by atoms with Crippen molar-refractivity contribution in [2.75, 3.05) is 27.2 Å². The quantitative estimate of drug-likeness (QED) is 0.771. The van der Waals surface area contributed by atoms with Crippen molar-refractivity contribution in [1.82, 2.24) is 0 Å². The molecule has 1 aliphatic rings. The van der Waals surface area contributed by atoms with Gasteiger partial charge in [0.25, 0.3) is 0 Å². The van der Waals surface area contributed by atoms with Crippen LogP contribution < -0.4 is 14.9 Å². The average Bonchev–Trinajstić information content (AvgIpc) is 3.02. The maximum atomic E-state index is 12.5. The van der Waals surface area contributed by atoms with Crippen molar-refractivity contribution in [1.29, 1.82) is 0 Å². The number of nitrogens with zero attached hydrogens (tertiary/aromatic N) is 1. The van der Waals surface area contributed by atoms with E-state index >= 15 is 0 Å². The molecule has 0 atom stereocenters. The molecule has 2 aromatic carbocycles. The number of aryl methyl sites for hydroxylation is 1. The molecule has 0 spiro atoms. The van der Waals surface area contributed by atoms with Crippen molar-refractivity contribution >= 4 is 44.7 Å². The lowest BCUT2D eigenvalue weighted by atomic mass is 10.1. The van der Waals surface area contributed by atoms with Gasteiger partial charge in [-0.15, -0.1) is 0 Å². The highest BCUT2D eigenvalue weighted by atomic mass is 35.5. The van der Waals surface area contributed by atoms with Gasteiger partial charge in [0.2, 0.25) is 10.0 Å². The van der Waals surface area contributed by atoms with Crippen LogP contribution in [0.5, 0.6) is 0 Å². The van der Waals surface area contributed by atoms with Crippen LogP contribution in [-0.4, -0.2) is 26.7 Å². The van der Waals surface area contributed by atoms with Crippen molar-refractivity contribution in [2.24, 2.45) is 0 Å². The van der Waals surface area contributed by atoms with Crippen LogP contribution in [0.4, 0.5) is 21.9 Å². The maximum absolute atomic E-state index is 12.5. The fraction of sp³-hybridized carbons (Fsp3) is 0.316. The summed E-state index contributed by atoms with van der Waals surface area (Å²) in [5, 5.41) is 6.05. The van der Waals surface area contributed by atoms with Crippen molar-refractivity contribution in [3.8, 4) is 0 Å². The van der Waals surface area contributed by atoms with Gasteiger partial charge in [-0.2, -0.15) is 0 Å². The smallest absolute Gasteiger partial charge is 0.308 e. The molecule has 1 heterocycles. The Kier molecular flexibility index (Phi) is 5.62. The zero-order chi connectivity index (χ0) is 19.6. The lowest BCUT2D eigenvalue weighted by Crippen LogP contribution is -2.31. The second-order valence-corrected chi connectivity index (χ2v) is 8.97. The summed E-state index contributed by atoms with van der Waals surface area (Å²) >= 11 is 5.97. The Morgan fingerprint density at radius 3 is 2.70 bits per heavy atom. The fourth-order valence-electron chi connectivity index (χ4n) is 3.10. The molecular formula is C19H22ClN3O3S. The van der Waals surface area contributed by atoms with Gasteiger partial charge in [-0.3, -0.25) is 4.31 Å². The molecule has 0 saturated carbocycles. The number of urea groups is 1. The number of fused-ring (bicyclic) bond motifs is 1. The third-order valence-corrected chi connectivity index (χ3v) is 6.65. The van der Waals surface area contributed by atoms with Crippen LogP contribution in [0.25, 0.3) is 0 Å². The third-order valence-electron chi connectivity index (χ3n) is 4.44. The average molecular weight is 408 g/mol. The van der Waals surface area contributed by atoms with Crippen molar-refractivity contribution < 1.29 is 13.2 Å². The number of nitrogens with one attached hydrogen (secondary N) is 2. The largest absolute Gasteiger partial charge is 0.323 e. The van der Waals surface area contributed by atoms with Crippen LogP contribution in [-0.2, 0) is 16.4 Å². The summed E-state index contributed by atoms with van der Waals surface area (Å²) in [7, 11) is -3.34. The van der Waals surface area contributed by atoms with Crippen molar-refractivity contribution in [3.63, 3.8) is 0 Å². The van der Waals surface area contributed by atoms with Gasteiger partial charge in [0.1, 0.15) is 0 Å². The predicted molar refractivity (Wildman–Crippen MR) is 110 cm³/mol. The first-order valence-corrected chi connectivity index (χ1v) is 10.8. The van der Waals surface area contributed by atoms with Gasteiger partial charge in [0.15, 0.2) is 0 Å². The molecule has 0 aliphatic carbocycles. The molecule has 0 unspecified atom stereocenters. The van der Waals surface area contributed by atoms with Gasteiger partial charge in [0.05, 0.1) is 11.4 Å². The molecule has 8 heteroatoms. The predicted octanol–water partition coefficient (Wildman–Crippen LogP) is 4.39. The summed E-state index contributed by atoms with van der Waals surface area (Å²) in [4.78, 5) is 12.3. The SMILES string of the molecule is CCCS(=O)(=O)N1CCc2ccc(NC(=O)Nc3cc(Cl)ccc3C)cc21. The van der Waals surface area contributed by atoms with E-state index in [-0.39, 0.29) is 5.75 Å². The van der Waals surface area contributed by atoms with E-state index in [1.165, 1.54) is 4.31 Å². The Morgan fingerprint density at radius 1 is 1.19 bits per heavy atom. The van der Waals surface area contributed by atoms with E-state index in [4.69, 9.17) is 11.6 Å². The molecule has 6 nitrogen and oxygen atoms in total. The molecule has 2 aromatic rings. The zero-order valence-corrected chi connectivity index (χ0v) is 16.8. The van der Waals surface area contributed by atoms with Gasteiger partial charge >= 0.3 is 6.03 Å². The molecule has 2 N–H and O–H groups in total. The number of halogens is 1. The standard InChI is InChI=1S/C19H22ClN3O3S/c1-3-10-27(25,26)23-9-8-14-5-7-16(12-18(14)23)21-19(24)22-17-11-15(20)6-4-13(17)2/h4-7,11-12H,3,8-10H2,1-2H3,(H2,21,22,24). The van der Waals surface area contributed by atoms with E-state index in [9.17, 15) is 13.2 Å². The van der Waals surface area contributed by atoms with Gasteiger partial charge in [-0.25, -0.2) is 13.2 Å². The Morgan fingerprint density at radius 2 is 1.96 bits per heavy atom. The normalized spacial score (nSPS) is 13.4. The molecule has 27 heavy (non-hydrogen) atoms. The molecule has 3 rings (SSSR count). The minimum atomic E-state index is -3.34. The highest BCUT2D eigenvalue weighted by Gasteiger charge is 2.29. The Balaban J connectivity index is 1.77. The fourth-order valence-corrected chi connectivity index (χ4v) is 4.85. The molecule has 0 bridgehead atoms. The lowest BCUT2D eigenvalue weighted by Gasteiger charge is -2.20. The monoisotopic (exact) mass is 407 g/mol. The summed E-state index contributed by atoms with van der Waals surface area (Å²) in [6.07, 6.45) is 1.24. The Hall–Kier alpha value is -2.25. The summed E-state index contributed by atoms with van der Waals surface area (Å²) < 4.78 is 26.3. The lowest BCUT2D eigenvalue weighted by molar-refractivity contribution is 0.262. The highest BCUT2D eigenvalue weighted by molar-refractivity contribution is 7.92. The van der Waals surface area contributed by atoms with Gasteiger partial charge < -0.3 is 10.6 Å². The van der Waals surface area contributed by atoms with Crippen LogP contribution in [0.2, 0.25) is 5.02 Å². The number of hydrogen-bond donors (Lipinski definition) is 2. The molecule has 0 radical (unpaired) electrons. The van der Waals surface area contributed by atoms with Crippen LogP contribution in [0.1, 0.15) is 24.5 Å². The van der Waals surface area contributed by atoms with E-state index in [0.29, 0.717) is 41.5 Å². The Bertz CT molecular complexity index is 976. The molecule has 0 fully saturated rings. The molecule has 144 valence electrons. The second kappa shape index (κ2) is 7.78. The van der Waals surface area contributed by atoms with Crippen molar-refractivity contribution in [3.05, 3.63) is 52.5 Å². The van der Waals surface area contributed by atoms with E-state index in [1.807, 2.05) is 26.0 Å².